The van der Waals surface area contributed by atoms with Crippen molar-refractivity contribution >= 4 is 15.9 Å². The van der Waals surface area contributed by atoms with E-state index in [0.29, 0.717) is 6.04 Å². The number of nitrogens with one attached hydrogen (secondary N) is 1. The Morgan fingerprint density at radius 1 is 1.00 bits per heavy atom. The number of benzene rings is 2. The highest BCUT2D eigenvalue weighted by Crippen LogP contribution is 2.19. The lowest BCUT2D eigenvalue weighted by molar-refractivity contribution is 0.520. The lowest BCUT2D eigenvalue weighted by Gasteiger charge is -2.19. The van der Waals surface area contributed by atoms with Crippen molar-refractivity contribution in [3.63, 3.8) is 0 Å². The van der Waals surface area contributed by atoms with E-state index in [1.54, 1.807) is 0 Å². The Balaban J connectivity index is 2.11. The number of rotatable bonds is 6. The predicted molar refractivity (Wildman–Crippen MR) is 94.9 cm³/mol. The first-order valence-electron chi connectivity index (χ1n) is 7.63. The van der Waals surface area contributed by atoms with Crippen LogP contribution in [0.25, 0.3) is 0 Å². The fourth-order valence-corrected chi connectivity index (χ4v) is 3.10. The molecule has 0 spiro atoms. The Labute approximate surface area is 136 Å². The van der Waals surface area contributed by atoms with Crippen LogP contribution in [0.1, 0.15) is 29.2 Å². The van der Waals surface area contributed by atoms with Gasteiger partial charge in [0.25, 0.3) is 0 Å². The number of hydrogen-bond acceptors (Lipinski definition) is 1. The van der Waals surface area contributed by atoms with Gasteiger partial charge < -0.3 is 5.32 Å². The molecule has 2 rings (SSSR count). The topological polar surface area (TPSA) is 12.0 Å². The van der Waals surface area contributed by atoms with Crippen molar-refractivity contribution in [1.82, 2.24) is 5.32 Å². The van der Waals surface area contributed by atoms with Crippen molar-refractivity contribution in [2.45, 2.75) is 39.7 Å². The maximum atomic E-state index is 3.65. The Hall–Kier alpha value is -1.12. The smallest absolute Gasteiger partial charge is 0.0207 e. The molecular weight excluding hydrogens is 322 g/mol. The first-order chi connectivity index (χ1) is 10.1. The minimum Gasteiger partial charge on any atom is -0.314 e. The summed E-state index contributed by atoms with van der Waals surface area (Å²) in [6.45, 7) is 7.53. The fourth-order valence-electron chi connectivity index (χ4n) is 2.65. The van der Waals surface area contributed by atoms with Crippen LogP contribution < -0.4 is 5.32 Å². The van der Waals surface area contributed by atoms with Crippen LogP contribution in [0, 0.1) is 13.8 Å². The molecule has 0 aliphatic heterocycles. The van der Waals surface area contributed by atoms with Crippen LogP contribution in [0.4, 0.5) is 0 Å². The molecule has 0 fully saturated rings. The molecule has 2 heteroatoms. The molecule has 1 nitrogen and oxygen atoms in total. The quantitative estimate of drug-likeness (QED) is 0.790. The van der Waals surface area contributed by atoms with E-state index in [1.165, 1.54) is 26.7 Å². The van der Waals surface area contributed by atoms with Gasteiger partial charge in [0.15, 0.2) is 0 Å². The molecule has 0 aliphatic rings. The molecule has 0 amide bonds. The molecule has 1 unspecified atom stereocenters. The molecule has 1 atom stereocenters. The van der Waals surface area contributed by atoms with Crippen LogP contribution >= 0.6 is 15.9 Å². The zero-order chi connectivity index (χ0) is 15.2. The summed E-state index contributed by atoms with van der Waals surface area (Å²) in [6, 6.07) is 15.8. The molecule has 2 aromatic rings. The normalized spacial score (nSPS) is 12.4. The van der Waals surface area contributed by atoms with E-state index in [4.69, 9.17) is 0 Å². The summed E-state index contributed by atoms with van der Waals surface area (Å²) < 4.78 is 1.20. The standard InChI is InChI=1S/C19H24BrN/c1-4-21-18(13-17-7-5-6-8-19(17)20)12-16-10-9-14(2)15(3)11-16/h5-11,18,21H,4,12-13H2,1-3H3. The van der Waals surface area contributed by atoms with E-state index >= 15 is 0 Å². The van der Waals surface area contributed by atoms with Gasteiger partial charge in [-0.2, -0.15) is 0 Å². The summed E-state index contributed by atoms with van der Waals surface area (Å²) in [5.74, 6) is 0. The molecule has 0 heterocycles. The molecule has 0 aliphatic carbocycles. The summed E-state index contributed by atoms with van der Waals surface area (Å²) in [6.07, 6.45) is 2.11. The third-order valence-electron chi connectivity index (χ3n) is 3.97. The fraction of sp³-hybridized carbons (Fsp3) is 0.368. The van der Waals surface area contributed by atoms with Gasteiger partial charge in [-0.3, -0.25) is 0 Å². The molecule has 21 heavy (non-hydrogen) atoms. The summed E-state index contributed by atoms with van der Waals surface area (Å²) in [5.41, 5.74) is 5.52. The Morgan fingerprint density at radius 2 is 1.76 bits per heavy atom. The predicted octanol–water partition coefficient (Wildman–Crippen LogP) is 4.83. The Bertz CT molecular complexity index is 592. The van der Waals surface area contributed by atoms with E-state index in [-0.39, 0.29) is 0 Å². The number of halogens is 1. The van der Waals surface area contributed by atoms with E-state index in [9.17, 15) is 0 Å². The van der Waals surface area contributed by atoms with Crippen LogP contribution in [0.5, 0.6) is 0 Å². The zero-order valence-corrected chi connectivity index (χ0v) is 14.7. The number of hydrogen-bond donors (Lipinski definition) is 1. The van der Waals surface area contributed by atoms with Crippen LogP contribution in [-0.4, -0.2) is 12.6 Å². The molecule has 0 saturated carbocycles. The lowest BCUT2D eigenvalue weighted by Crippen LogP contribution is -2.33. The van der Waals surface area contributed by atoms with E-state index < -0.39 is 0 Å². The van der Waals surface area contributed by atoms with Gasteiger partial charge in [-0.05, 0) is 61.6 Å². The summed E-state index contributed by atoms with van der Waals surface area (Å²) in [4.78, 5) is 0. The Kier molecular flexibility index (Phi) is 6.01. The largest absolute Gasteiger partial charge is 0.314 e. The summed E-state index contributed by atoms with van der Waals surface area (Å²) in [7, 11) is 0. The second-order valence-corrected chi connectivity index (χ2v) is 6.53. The van der Waals surface area contributed by atoms with Crippen LogP contribution in [-0.2, 0) is 12.8 Å². The van der Waals surface area contributed by atoms with Gasteiger partial charge in [0.2, 0.25) is 0 Å². The van der Waals surface area contributed by atoms with E-state index in [2.05, 4.69) is 84.5 Å². The van der Waals surface area contributed by atoms with Crippen molar-refractivity contribution in [3.05, 3.63) is 69.2 Å². The van der Waals surface area contributed by atoms with Gasteiger partial charge in [0, 0.05) is 10.5 Å². The molecule has 0 aromatic heterocycles. The van der Waals surface area contributed by atoms with Crippen molar-refractivity contribution in [1.29, 1.82) is 0 Å². The Morgan fingerprint density at radius 3 is 2.43 bits per heavy atom. The van der Waals surface area contributed by atoms with Crippen LogP contribution in [0.2, 0.25) is 0 Å². The van der Waals surface area contributed by atoms with Crippen LogP contribution in [0.3, 0.4) is 0 Å². The first-order valence-corrected chi connectivity index (χ1v) is 8.42. The van der Waals surface area contributed by atoms with Crippen molar-refractivity contribution in [2.75, 3.05) is 6.54 Å². The van der Waals surface area contributed by atoms with Crippen LogP contribution in [0.15, 0.2) is 46.9 Å². The van der Waals surface area contributed by atoms with Gasteiger partial charge in [0.05, 0.1) is 0 Å². The molecule has 0 radical (unpaired) electrons. The van der Waals surface area contributed by atoms with Gasteiger partial charge >= 0.3 is 0 Å². The summed E-state index contributed by atoms with van der Waals surface area (Å²) >= 11 is 3.65. The minimum atomic E-state index is 0.468. The van der Waals surface area contributed by atoms with Gasteiger partial charge in [-0.1, -0.05) is 59.3 Å². The third kappa shape index (κ3) is 4.69. The minimum absolute atomic E-state index is 0.468. The first kappa shape index (κ1) is 16.3. The van der Waals surface area contributed by atoms with Gasteiger partial charge in [-0.25, -0.2) is 0 Å². The second-order valence-electron chi connectivity index (χ2n) is 5.67. The number of aryl methyl sites for hydroxylation is 2. The number of likely N-dealkylation sites (N-methyl/N-ethyl adjacent to an activating group) is 1. The van der Waals surface area contributed by atoms with E-state index in [0.717, 1.165) is 19.4 Å². The SMILES string of the molecule is CCNC(Cc1ccc(C)c(C)c1)Cc1ccccc1Br. The monoisotopic (exact) mass is 345 g/mol. The van der Waals surface area contributed by atoms with Crippen molar-refractivity contribution in [3.8, 4) is 0 Å². The average molecular weight is 346 g/mol. The third-order valence-corrected chi connectivity index (χ3v) is 4.74. The van der Waals surface area contributed by atoms with Crippen molar-refractivity contribution < 1.29 is 0 Å². The van der Waals surface area contributed by atoms with E-state index in [1.807, 2.05) is 0 Å². The van der Waals surface area contributed by atoms with Gasteiger partial charge in [0.1, 0.15) is 0 Å². The zero-order valence-electron chi connectivity index (χ0n) is 13.1. The molecule has 2 aromatic carbocycles. The summed E-state index contributed by atoms with van der Waals surface area (Å²) in [5, 5.41) is 3.62. The second kappa shape index (κ2) is 7.77. The molecule has 0 bridgehead atoms. The highest BCUT2D eigenvalue weighted by atomic mass is 79.9. The molecule has 0 saturated heterocycles. The highest BCUT2D eigenvalue weighted by Gasteiger charge is 2.11. The maximum absolute atomic E-state index is 3.65. The molecular formula is C19H24BrN. The average Bonchev–Trinajstić information content (AvgIpc) is 2.46. The molecule has 1 N–H and O–H groups in total. The lowest BCUT2D eigenvalue weighted by atomic mass is 9.96. The highest BCUT2D eigenvalue weighted by molar-refractivity contribution is 9.10. The van der Waals surface area contributed by atoms with Gasteiger partial charge in [-0.15, -0.1) is 0 Å². The molecule has 112 valence electrons. The maximum Gasteiger partial charge on any atom is 0.0207 e. The van der Waals surface area contributed by atoms with Crippen molar-refractivity contribution in [2.24, 2.45) is 0 Å².